The van der Waals surface area contributed by atoms with E-state index in [2.05, 4.69) is 15.0 Å². The summed E-state index contributed by atoms with van der Waals surface area (Å²) in [7, 11) is 0. The van der Waals surface area contributed by atoms with E-state index in [1.54, 1.807) is 12.3 Å². The first-order valence-electron chi connectivity index (χ1n) is 9.34. The van der Waals surface area contributed by atoms with Gasteiger partial charge in [0.2, 0.25) is 11.8 Å². The van der Waals surface area contributed by atoms with Crippen molar-refractivity contribution in [2.75, 3.05) is 6.61 Å². The number of carbonyl (C=O) groups excluding carboxylic acids is 1. The summed E-state index contributed by atoms with van der Waals surface area (Å²) in [5, 5.41) is 0.637. The lowest BCUT2D eigenvalue weighted by Gasteiger charge is -2.14. The lowest BCUT2D eigenvalue weighted by molar-refractivity contribution is -0.141. The molecule has 0 fully saturated rings. The van der Waals surface area contributed by atoms with Crippen LogP contribution in [0, 0.1) is 5.92 Å². The predicted molar refractivity (Wildman–Crippen MR) is 108 cm³/mol. The summed E-state index contributed by atoms with van der Waals surface area (Å²) in [6.07, 6.45) is 2.03. The Kier molecular flexibility index (Phi) is 6.09. The fourth-order valence-corrected chi connectivity index (χ4v) is 2.73. The number of H-pyrrole nitrogens is 1. The predicted octanol–water partition coefficient (Wildman–Crippen LogP) is 4.57. The van der Waals surface area contributed by atoms with Gasteiger partial charge in [0.15, 0.2) is 0 Å². The first-order valence-corrected chi connectivity index (χ1v) is 9.34. The molecule has 0 aliphatic rings. The summed E-state index contributed by atoms with van der Waals surface area (Å²) in [6, 6.07) is 4.12. The number of aromatic nitrogens is 3. The van der Waals surface area contributed by atoms with Gasteiger partial charge in [0.25, 0.3) is 0 Å². The van der Waals surface area contributed by atoms with Gasteiger partial charge in [-0.15, -0.1) is 0 Å². The third kappa shape index (κ3) is 4.97. The maximum absolute atomic E-state index is 13.4. The third-order valence-electron chi connectivity index (χ3n) is 4.63. The minimum atomic E-state index is -4.62. The highest BCUT2D eigenvalue weighted by atomic mass is 19.4. The number of rotatable bonds is 7. The van der Waals surface area contributed by atoms with E-state index in [-0.39, 0.29) is 24.0 Å². The van der Waals surface area contributed by atoms with Crippen molar-refractivity contribution in [2.45, 2.75) is 26.4 Å². The Morgan fingerprint density at radius 2 is 2.07 bits per heavy atom. The molecule has 0 aromatic carbocycles. The molecule has 9 heteroatoms. The van der Waals surface area contributed by atoms with Crippen LogP contribution in [0.4, 0.5) is 13.2 Å². The number of aromatic amines is 1. The topological polar surface area (TPSA) is 93.9 Å². The maximum atomic E-state index is 13.4. The lowest BCUT2D eigenvalue weighted by atomic mass is 10.1. The van der Waals surface area contributed by atoms with Crippen molar-refractivity contribution < 1.29 is 22.7 Å². The molecule has 0 bridgehead atoms. The highest BCUT2D eigenvalue weighted by Crippen LogP contribution is 2.34. The zero-order chi connectivity index (χ0) is 21.9. The summed E-state index contributed by atoms with van der Waals surface area (Å²) in [5.41, 5.74) is 5.98. The van der Waals surface area contributed by atoms with Crippen LogP contribution in [0.1, 0.15) is 31.5 Å². The molecule has 0 aliphatic heterocycles. The molecule has 1 atom stereocenters. The lowest BCUT2D eigenvalue weighted by Crippen LogP contribution is -2.12. The maximum Gasteiger partial charge on any atom is 0.433 e. The highest BCUT2D eigenvalue weighted by Gasteiger charge is 2.33. The van der Waals surface area contributed by atoms with Gasteiger partial charge < -0.3 is 15.5 Å². The number of nitrogens with zero attached hydrogens (tertiary/aromatic N) is 2. The standard InChI is InChI=1S/C21H21F3N4O2/c1-3-12(2)11-30-19-8-14(7-17(28-19)21(22,23)24)15-6-16-13(4-5-18(25)29)9-26-20(16)27-10-15/h4-10,12H,3,11H2,1-2H3,(H2,25,29)(H,26,27)/t12-/m0/s1. The molecule has 3 aromatic rings. The number of halogens is 3. The number of fused-ring (bicyclic) bond motifs is 1. The van der Waals surface area contributed by atoms with Crippen LogP contribution in [0.5, 0.6) is 5.88 Å². The van der Waals surface area contributed by atoms with Crippen molar-refractivity contribution in [3.8, 4) is 17.0 Å². The largest absolute Gasteiger partial charge is 0.477 e. The molecule has 3 N–H and O–H groups in total. The van der Waals surface area contributed by atoms with Crippen LogP contribution < -0.4 is 10.5 Å². The van der Waals surface area contributed by atoms with E-state index in [0.717, 1.165) is 12.5 Å². The van der Waals surface area contributed by atoms with Gasteiger partial charge in [-0.05, 0) is 29.7 Å². The molecule has 0 saturated heterocycles. The van der Waals surface area contributed by atoms with Crippen LogP contribution in [0.3, 0.4) is 0 Å². The Hall–Kier alpha value is -3.36. The molecular formula is C21H21F3N4O2. The average Bonchev–Trinajstić information content (AvgIpc) is 3.11. The summed E-state index contributed by atoms with van der Waals surface area (Å²) < 4.78 is 45.7. The number of primary amides is 1. The molecule has 0 unspecified atom stereocenters. The van der Waals surface area contributed by atoms with E-state index in [4.69, 9.17) is 10.5 Å². The molecular weight excluding hydrogens is 397 g/mol. The van der Waals surface area contributed by atoms with Gasteiger partial charge >= 0.3 is 6.18 Å². The van der Waals surface area contributed by atoms with E-state index in [1.165, 1.54) is 24.4 Å². The van der Waals surface area contributed by atoms with E-state index in [9.17, 15) is 18.0 Å². The number of hydrogen-bond donors (Lipinski definition) is 2. The van der Waals surface area contributed by atoms with Crippen molar-refractivity contribution in [1.82, 2.24) is 15.0 Å². The van der Waals surface area contributed by atoms with E-state index >= 15 is 0 Å². The number of nitrogens with one attached hydrogen (secondary N) is 1. The van der Waals surface area contributed by atoms with Gasteiger partial charge in [-0.2, -0.15) is 13.2 Å². The van der Waals surface area contributed by atoms with Crippen molar-refractivity contribution in [1.29, 1.82) is 0 Å². The number of pyridine rings is 2. The molecule has 3 aromatic heterocycles. The van der Waals surface area contributed by atoms with Gasteiger partial charge in [-0.25, -0.2) is 9.97 Å². The zero-order valence-corrected chi connectivity index (χ0v) is 16.5. The summed E-state index contributed by atoms with van der Waals surface area (Å²) in [5.74, 6) is -0.522. The Morgan fingerprint density at radius 1 is 1.30 bits per heavy atom. The molecule has 1 amide bonds. The van der Waals surface area contributed by atoms with Crippen LogP contribution in [0.15, 0.2) is 36.7 Å². The number of nitrogens with two attached hydrogens (primary N) is 1. The van der Waals surface area contributed by atoms with Gasteiger partial charge in [-0.1, -0.05) is 20.3 Å². The first kappa shape index (κ1) is 21.4. The van der Waals surface area contributed by atoms with Crippen LogP contribution >= 0.6 is 0 Å². The second-order valence-corrected chi connectivity index (χ2v) is 7.00. The molecule has 6 nitrogen and oxygen atoms in total. The van der Waals surface area contributed by atoms with E-state index in [1.807, 2.05) is 13.8 Å². The highest BCUT2D eigenvalue weighted by molar-refractivity contribution is 5.95. The molecule has 3 rings (SSSR count). The normalized spacial score (nSPS) is 13.1. The van der Waals surface area contributed by atoms with Gasteiger partial charge in [0.1, 0.15) is 11.3 Å². The number of hydrogen-bond acceptors (Lipinski definition) is 4. The smallest absolute Gasteiger partial charge is 0.433 e. The third-order valence-corrected chi connectivity index (χ3v) is 4.63. The van der Waals surface area contributed by atoms with Gasteiger partial charge in [-0.3, -0.25) is 4.79 Å². The Morgan fingerprint density at radius 3 is 2.73 bits per heavy atom. The first-order chi connectivity index (χ1) is 14.2. The number of alkyl halides is 3. The number of ether oxygens (including phenoxy) is 1. The molecule has 0 spiro atoms. The summed E-state index contributed by atoms with van der Waals surface area (Å²) >= 11 is 0. The molecule has 0 aliphatic carbocycles. The van der Waals surface area contributed by atoms with Crippen LogP contribution in [-0.2, 0) is 11.0 Å². The average molecular weight is 418 g/mol. The minimum absolute atomic E-state index is 0.0943. The van der Waals surface area contributed by atoms with Crippen molar-refractivity contribution in [3.63, 3.8) is 0 Å². The summed E-state index contributed by atoms with van der Waals surface area (Å²) in [4.78, 5) is 21.8. The van der Waals surface area contributed by atoms with Gasteiger partial charge in [0, 0.05) is 41.0 Å². The number of amides is 1. The number of carbonyl (C=O) groups is 1. The molecule has 0 saturated carbocycles. The fourth-order valence-electron chi connectivity index (χ4n) is 2.73. The SMILES string of the molecule is CC[C@H](C)COc1cc(-c2cnc3[nH]cc(C=CC(N)=O)c3c2)cc(C(F)(F)F)n1. The fraction of sp³-hybridized carbons (Fsp3) is 0.286. The van der Waals surface area contributed by atoms with Gasteiger partial charge in [0.05, 0.1) is 6.61 Å². The van der Waals surface area contributed by atoms with Crippen LogP contribution in [0.2, 0.25) is 0 Å². The Balaban J connectivity index is 2.05. The minimum Gasteiger partial charge on any atom is -0.477 e. The van der Waals surface area contributed by atoms with E-state index in [0.29, 0.717) is 22.2 Å². The van der Waals surface area contributed by atoms with Crippen molar-refractivity contribution in [3.05, 3.63) is 47.9 Å². The summed E-state index contributed by atoms with van der Waals surface area (Å²) in [6.45, 7) is 4.18. The Bertz CT molecular complexity index is 1090. The molecule has 3 heterocycles. The Labute approximate surface area is 171 Å². The molecule has 158 valence electrons. The second kappa shape index (κ2) is 8.56. The van der Waals surface area contributed by atoms with Crippen LogP contribution in [0.25, 0.3) is 28.2 Å². The zero-order valence-electron chi connectivity index (χ0n) is 16.5. The van der Waals surface area contributed by atoms with Crippen LogP contribution in [-0.4, -0.2) is 27.5 Å². The van der Waals surface area contributed by atoms with Crippen molar-refractivity contribution in [2.24, 2.45) is 11.7 Å². The quantitative estimate of drug-likeness (QED) is 0.550. The molecule has 0 radical (unpaired) electrons. The van der Waals surface area contributed by atoms with Crippen molar-refractivity contribution >= 4 is 23.0 Å². The molecule has 30 heavy (non-hydrogen) atoms. The monoisotopic (exact) mass is 418 g/mol. The second-order valence-electron chi connectivity index (χ2n) is 7.00. The van der Waals surface area contributed by atoms with E-state index < -0.39 is 17.8 Å².